The fraction of sp³-hybridized carbons (Fsp3) is 0.538. The fourth-order valence-corrected chi connectivity index (χ4v) is 2.15. The quantitative estimate of drug-likeness (QED) is 0.868. The van der Waals surface area contributed by atoms with E-state index in [-0.39, 0.29) is 0 Å². The molecule has 0 unspecified atom stereocenters. The van der Waals surface area contributed by atoms with Crippen molar-refractivity contribution in [3.63, 3.8) is 0 Å². The summed E-state index contributed by atoms with van der Waals surface area (Å²) in [7, 11) is 0. The standard InChI is InChI=1S/C13H18F2N2/c1-2-10-7-11(13(15)8-12(10)14)9-17-5-3-16-4-6-17/h7-8,16H,2-6,9H2,1H3. The van der Waals surface area contributed by atoms with Crippen LogP contribution in [0.4, 0.5) is 8.78 Å². The van der Waals surface area contributed by atoms with Crippen molar-refractivity contribution in [3.05, 3.63) is 34.9 Å². The van der Waals surface area contributed by atoms with Crippen molar-refractivity contribution in [2.24, 2.45) is 0 Å². The van der Waals surface area contributed by atoms with Crippen molar-refractivity contribution >= 4 is 0 Å². The molecular formula is C13H18F2N2. The van der Waals surface area contributed by atoms with Crippen molar-refractivity contribution in [2.45, 2.75) is 19.9 Å². The zero-order chi connectivity index (χ0) is 12.3. The lowest BCUT2D eigenvalue weighted by molar-refractivity contribution is 0.230. The minimum Gasteiger partial charge on any atom is -0.314 e. The largest absolute Gasteiger partial charge is 0.314 e. The van der Waals surface area contributed by atoms with Crippen LogP contribution in [0.2, 0.25) is 0 Å². The van der Waals surface area contributed by atoms with Gasteiger partial charge >= 0.3 is 0 Å². The predicted octanol–water partition coefficient (Wildman–Crippen LogP) is 1.93. The summed E-state index contributed by atoms with van der Waals surface area (Å²) in [5.74, 6) is -0.868. The molecule has 0 saturated carbocycles. The highest BCUT2D eigenvalue weighted by Gasteiger charge is 2.14. The third-order valence-electron chi connectivity index (χ3n) is 3.20. The second-order valence-corrected chi connectivity index (χ2v) is 4.41. The zero-order valence-corrected chi connectivity index (χ0v) is 10.1. The average Bonchev–Trinajstić information content (AvgIpc) is 2.34. The first-order valence-corrected chi connectivity index (χ1v) is 6.10. The summed E-state index contributed by atoms with van der Waals surface area (Å²) in [6.07, 6.45) is 0.598. The monoisotopic (exact) mass is 240 g/mol. The number of halogens is 2. The lowest BCUT2D eigenvalue weighted by atomic mass is 10.1. The number of aryl methyl sites for hydroxylation is 1. The Balaban J connectivity index is 2.13. The molecule has 0 amide bonds. The van der Waals surface area contributed by atoms with E-state index in [4.69, 9.17) is 0 Å². The molecule has 1 aromatic carbocycles. The maximum atomic E-state index is 13.6. The highest BCUT2D eigenvalue weighted by Crippen LogP contribution is 2.17. The third kappa shape index (κ3) is 3.01. The van der Waals surface area contributed by atoms with Crippen LogP contribution in [0.1, 0.15) is 18.1 Å². The molecule has 1 N–H and O–H groups in total. The summed E-state index contributed by atoms with van der Waals surface area (Å²) >= 11 is 0. The van der Waals surface area contributed by atoms with Gasteiger partial charge in [0.05, 0.1) is 0 Å². The second kappa shape index (κ2) is 5.56. The van der Waals surface area contributed by atoms with Crippen LogP contribution in [-0.2, 0) is 13.0 Å². The molecular weight excluding hydrogens is 222 g/mol. The molecule has 94 valence electrons. The Hall–Kier alpha value is -1.00. The van der Waals surface area contributed by atoms with Gasteiger partial charge in [-0.25, -0.2) is 8.78 Å². The molecule has 1 aromatic rings. The van der Waals surface area contributed by atoms with Gasteiger partial charge < -0.3 is 5.32 Å². The van der Waals surface area contributed by atoms with Crippen molar-refractivity contribution in [2.75, 3.05) is 26.2 Å². The maximum absolute atomic E-state index is 13.6. The molecule has 1 fully saturated rings. The molecule has 2 rings (SSSR count). The van der Waals surface area contributed by atoms with Gasteiger partial charge in [0.15, 0.2) is 0 Å². The molecule has 0 bridgehead atoms. The van der Waals surface area contributed by atoms with Gasteiger partial charge in [-0.3, -0.25) is 4.90 Å². The summed E-state index contributed by atoms with van der Waals surface area (Å²) in [6, 6.07) is 2.67. The van der Waals surface area contributed by atoms with E-state index in [1.165, 1.54) is 0 Å². The minimum atomic E-state index is -0.436. The lowest BCUT2D eigenvalue weighted by Gasteiger charge is -2.27. The van der Waals surface area contributed by atoms with Crippen molar-refractivity contribution in [1.29, 1.82) is 0 Å². The van der Waals surface area contributed by atoms with Crippen molar-refractivity contribution in [3.8, 4) is 0 Å². The predicted molar refractivity (Wildman–Crippen MR) is 63.9 cm³/mol. The van der Waals surface area contributed by atoms with Crippen LogP contribution in [0.25, 0.3) is 0 Å². The SMILES string of the molecule is CCc1cc(CN2CCNCC2)c(F)cc1F. The normalized spacial score (nSPS) is 17.4. The van der Waals surface area contributed by atoms with Crippen LogP contribution in [0, 0.1) is 11.6 Å². The van der Waals surface area contributed by atoms with Crippen LogP contribution in [0.5, 0.6) is 0 Å². The Bertz CT molecular complexity index is 387. The van der Waals surface area contributed by atoms with Crippen molar-refractivity contribution < 1.29 is 8.78 Å². The van der Waals surface area contributed by atoms with E-state index in [1.807, 2.05) is 6.92 Å². The first kappa shape index (κ1) is 12.5. The first-order chi connectivity index (χ1) is 8.20. The molecule has 1 aliphatic rings. The number of hydrogen-bond donors (Lipinski definition) is 1. The van der Waals surface area contributed by atoms with Gasteiger partial charge in [0.1, 0.15) is 11.6 Å². The van der Waals surface area contributed by atoms with E-state index in [9.17, 15) is 8.78 Å². The second-order valence-electron chi connectivity index (χ2n) is 4.41. The summed E-state index contributed by atoms with van der Waals surface area (Å²) in [6.45, 7) is 6.15. The molecule has 4 heteroatoms. The van der Waals surface area contributed by atoms with E-state index >= 15 is 0 Å². The minimum absolute atomic E-state index is 0.432. The topological polar surface area (TPSA) is 15.3 Å². The van der Waals surface area contributed by atoms with Gasteiger partial charge in [-0.05, 0) is 18.1 Å². The summed E-state index contributed by atoms with van der Waals surface area (Å²) in [5, 5.41) is 3.25. The Morgan fingerprint density at radius 2 is 1.76 bits per heavy atom. The third-order valence-corrected chi connectivity index (χ3v) is 3.20. The molecule has 0 aliphatic carbocycles. The summed E-state index contributed by atoms with van der Waals surface area (Å²) < 4.78 is 27.0. The molecule has 1 saturated heterocycles. The number of hydrogen-bond acceptors (Lipinski definition) is 2. The summed E-state index contributed by atoms with van der Waals surface area (Å²) in [4.78, 5) is 2.19. The van der Waals surface area contributed by atoms with Gasteiger partial charge in [0.25, 0.3) is 0 Å². The van der Waals surface area contributed by atoms with Crippen LogP contribution in [0.3, 0.4) is 0 Å². The van der Waals surface area contributed by atoms with Crippen LogP contribution < -0.4 is 5.32 Å². The molecule has 0 aromatic heterocycles. The highest BCUT2D eigenvalue weighted by molar-refractivity contribution is 5.26. The average molecular weight is 240 g/mol. The zero-order valence-electron chi connectivity index (χ0n) is 10.1. The van der Waals surface area contributed by atoms with E-state index in [2.05, 4.69) is 10.2 Å². The van der Waals surface area contributed by atoms with Crippen molar-refractivity contribution in [1.82, 2.24) is 10.2 Å². The Morgan fingerprint density at radius 3 is 2.41 bits per heavy atom. The molecule has 17 heavy (non-hydrogen) atoms. The van der Waals surface area contributed by atoms with Crippen LogP contribution >= 0.6 is 0 Å². The van der Waals surface area contributed by atoms with E-state index in [1.54, 1.807) is 6.07 Å². The summed E-state index contributed by atoms with van der Waals surface area (Å²) in [5.41, 5.74) is 1.20. The Morgan fingerprint density at radius 1 is 1.12 bits per heavy atom. The molecule has 2 nitrogen and oxygen atoms in total. The van der Waals surface area contributed by atoms with E-state index < -0.39 is 11.6 Å². The first-order valence-electron chi connectivity index (χ1n) is 6.10. The van der Waals surface area contributed by atoms with Gasteiger partial charge in [-0.1, -0.05) is 6.92 Å². The smallest absolute Gasteiger partial charge is 0.130 e. The highest BCUT2D eigenvalue weighted by atomic mass is 19.1. The molecule has 0 spiro atoms. The lowest BCUT2D eigenvalue weighted by Crippen LogP contribution is -2.43. The number of nitrogens with one attached hydrogen (secondary N) is 1. The van der Waals surface area contributed by atoms with Gasteiger partial charge in [0.2, 0.25) is 0 Å². The fourth-order valence-electron chi connectivity index (χ4n) is 2.15. The molecule has 0 atom stereocenters. The molecule has 1 heterocycles. The van der Waals surface area contributed by atoms with E-state index in [0.29, 0.717) is 24.1 Å². The molecule has 1 aliphatic heterocycles. The van der Waals surface area contributed by atoms with Gasteiger partial charge in [-0.15, -0.1) is 0 Å². The maximum Gasteiger partial charge on any atom is 0.130 e. The van der Waals surface area contributed by atoms with E-state index in [0.717, 1.165) is 32.2 Å². The van der Waals surface area contributed by atoms with Crippen LogP contribution in [-0.4, -0.2) is 31.1 Å². The van der Waals surface area contributed by atoms with Crippen LogP contribution in [0.15, 0.2) is 12.1 Å². The van der Waals surface area contributed by atoms with Gasteiger partial charge in [0, 0.05) is 44.4 Å². The molecule has 0 radical (unpaired) electrons. The number of benzene rings is 1. The number of piperazine rings is 1. The Kier molecular flexibility index (Phi) is 4.07. The number of rotatable bonds is 3. The Labute approximate surface area is 101 Å². The van der Waals surface area contributed by atoms with Gasteiger partial charge in [-0.2, -0.15) is 0 Å². The number of nitrogens with zero attached hydrogens (tertiary/aromatic N) is 1.